The molecule has 2 N–H and O–H groups in total. The number of alkyl halides is 3. The second-order valence-corrected chi connectivity index (χ2v) is 5.81. The fourth-order valence-electron chi connectivity index (χ4n) is 2.14. The van der Waals surface area contributed by atoms with E-state index >= 15 is 0 Å². The summed E-state index contributed by atoms with van der Waals surface area (Å²) in [5.41, 5.74) is -0.995. The van der Waals surface area contributed by atoms with Crippen LogP contribution in [0, 0.1) is 0 Å². The van der Waals surface area contributed by atoms with Crippen molar-refractivity contribution in [2.75, 3.05) is 36.5 Å². The Kier molecular flexibility index (Phi) is 4.53. The molecule has 1 aromatic rings. The molecule has 1 saturated heterocycles. The number of aromatic nitrogens is 2. The Morgan fingerprint density at radius 3 is 2.57 bits per heavy atom. The van der Waals surface area contributed by atoms with Gasteiger partial charge in [0.15, 0.2) is 10.8 Å². The van der Waals surface area contributed by atoms with Crippen LogP contribution in [0.5, 0.6) is 0 Å². The van der Waals surface area contributed by atoms with Gasteiger partial charge in [-0.3, -0.25) is 0 Å². The normalized spacial score (nSPS) is 18.7. The van der Waals surface area contributed by atoms with Gasteiger partial charge in [0.1, 0.15) is 5.82 Å². The zero-order valence-corrected chi connectivity index (χ0v) is 13.0. The van der Waals surface area contributed by atoms with Gasteiger partial charge in [-0.05, 0) is 25.1 Å². The molecule has 0 spiro atoms. The van der Waals surface area contributed by atoms with Gasteiger partial charge in [0.05, 0.1) is 13.2 Å². The molecule has 0 bridgehead atoms. The molecule has 1 aromatic heterocycles. The van der Waals surface area contributed by atoms with Crippen LogP contribution in [0.15, 0.2) is 6.07 Å². The Labute approximate surface area is 136 Å². The zero-order valence-electron chi connectivity index (χ0n) is 12.2. The molecule has 2 aliphatic rings. The van der Waals surface area contributed by atoms with Crippen LogP contribution < -0.4 is 15.5 Å². The molecule has 0 atom stereocenters. The van der Waals surface area contributed by atoms with E-state index in [2.05, 4.69) is 20.6 Å². The van der Waals surface area contributed by atoms with Crippen molar-refractivity contribution < 1.29 is 17.9 Å². The van der Waals surface area contributed by atoms with Crippen LogP contribution >= 0.6 is 12.2 Å². The highest BCUT2D eigenvalue weighted by atomic mass is 32.1. The summed E-state index contributed by atoms with van der Waals surface area (Å²) in [6, 6.07) is 1.24. The molecule has 23 heavy (non-hydrogen) atoms. The van der Waals surface area contributed by atoms with Crippen molar-refractivity contribution in [1.29, 1.82) is 0 Å². The van der Waals surface area contributed by atoms with Crippen LogP contribution in [0.1, 0.15) is 18.5 Å². The Morgan fingerprint density at radius 1 is 1.26 bits per heavy atom. The lowest BCUT2D eigenvalue weighted by Gasteiger charge is -2.28. The third-order valence-electron chi connectivity index (χ3n) is 3.48. The lowest BCUT2D eigenvalue weighted by atomic mass is 10.3. The van der Waals surface area contributed by atoms with Crippen LogP contribution in [0.3, 0.4) is 0 Å². The van der Waals surface area contributed by atoms with Crippen molar-refractivity contribution >= 4 is 29.1 Å². The minimum absolute atomic E-state index is 0.153. The van der Waals surface area contributed by atoms with Gasteiger partial charge in [-0.2, -0.15) is 18.2 Å². The maximum Gasteiger partial charge on any atom is 0.433 e. The molecule has 0 amide bonds. The number of hydrogen-bond acceptors (Lipinski definition) is 5. The van der Waals surface area contributed by atoms with E-state index in [0.717, 1.165) is 18.9 Å². The monoisotopic (exact) mass is 347 g/mol. The first-order valence-electron chi connectivity index (χ1n) is 7.28. The van der Waals surface area contributed by atoms with Crippen molar-refractivity contribution in [2.45, 2.75) is 25.1 Å². The topological polar surface area (TPSA) is 62.3 Å². The smallest absolute Gasteiger partial charge is 0.378 e. The number of ether oxygens (including phenoxy) is 1. The van der Waals surface area contributed by atoms with Crippen molar-refractivity contribution in [2.24, 2.45) is 0 Å². The first-order chi connectivity index (χ1) is 10.9. The molecule has 1 aliphatic heterocycles. The summed E-state index contributed by atoms with van der Waals surface area (Å²) in [7, 11) is 0. The summed E-state index contributed by atoms with van der Waals surface area (Å²) in [6.07, 6.45) is -2.54. The van der Waals surface area contributed by atoms with Gasteiger partial charge in [-0.15, -0.1) is 0 Å². The van der Waals surface area contributed by atoms with Gasteiger partial charge in [-0.1, -0.05) is 0 Å². The minimum atomic E-state index is -4.55. The Balaban J connectivity index is 1.82. The van der Waals surface area contributed by atoms with E-state index in [0.29, 0.717) is 32.3 Å². The number of hydrogen-bond donors (Lipinski definition) is 2. The first-order valence-corrected chi connectivity index (χ1v) is 7.69. The standard InChI is InChI=1S/C13H16F3N5OS/c14-13(15,16)9-7-10(21-3-5-22-6-4-21)19-11(18-9)20-12(23)17-8-1-2-8/h7-8H,1-6H2,(H2,17,18,19,20,23). The van der Waals surface area contributed by atoms with Gasteiger partial charge < -0.3 is 20.3 Å². The fourth-order valence-corrected chi connectivity index (χ4v) is 2.40. The molecular weight excluding hydrogens is 331 g/mol. The summed E-state index contributed by atoms with van der Waals surface area (Å²) in [6.45, 7) is 1.88. The van der Waals surface area contributed by atoms with Gasteiger partial charge in [-0.25, -0.2) is 4.98 Å². The predicted molar refractivity (Wildman–Crippen MR) is 82.4 cm³/mol. The quantitative estimate of drug-likeness (QED) is 0.808. The van der Waals surface area contributed by atoms with E-state index in [1.54, 1.807) is 4.90 Å². The number of morpholine rings is 1. The maximum absolute atomic E-state index is 13.1. The maximum atomic E-state index is 13.1. The van der Waals surface area contributed by atoms with Crippen molar-refractivity contribution in [3.8, 4) is 0 Å². The van der Waals surface area contributed by atoms with Crippen molar-refractivity contribution in [1.82, 2.24) is 15.3 Å². The Bertz CT molecular complexity index is 587. The molecule has 2 heterocycles. The Hall–Kier alpha value is -1.68. The van der Waals surface area contributed by atoms with Crippen LogP contribution in [0.4, 0.5) is 24.9 Å². The number of nitrogens with one attached hydrogen (secondary N) is 2. The molecule has 10 heteroatoms. The number of rotatable bonds is 3. The molecule has 3 rings (SSSR count). The van der Waals surface area contributed by atoms with E-state index in [1.165, 1.54) is 0 Å². The molecule has 2 fully saturated rings. The van der Waals surface area contributed by atoms with Crippen molar-refractivity contribution in [3.63, 3.8) is 0 Å². The zero-order chi connectivity index (χ0) is 16.4. The van der Waals surface area contributed by atoms with Gasteiger partial charge in [0, 0.05) is 25.2 Å². The minimum Gasteiger partial charge on any atom is -0.378 e. The number of nitrogens with zero attached hydrogens (tertiary/aromatic N) is 3. The Morgan fingerprint density at radius 2 is 1.96 bits per heavy atom. The molecule has 0 unspecified atom stereocenters. The average molecular weight is 347 g/mol. The molecule has 126 valence electrons. The van der Waals surface area contributed by atoms with E-state index in [9.17, 15) is 13.2 Å². The molecule has 1 saturated carbocycles. The van der Waals surface area contributed by atoms with Gasteiger partial charge in [0.25, 0.3) is 0 Å². The summed E-state index contributed by atoms with van der Waals surface area (Å²) in [5, 5.41) is 5.87. The molecular formula is C13H16F3N5OS. The number of halogens is 3. The van der Waals surface area contributed by atoms with Crippen LogP contribution in [0.25, 0.3) is 0 Å². The van der Waals surface area contributed by atoms with Crippen LogP contribution in [0.2, 0.25) is 0 Å². The summed E-state index contributed by atoms with van der Waals surface area (Å²) < 4.78 is 44.4. The number of anilines is 2. The predicted octanol–water partition coefficient (Wildman–Crippen LogP) is 1.78. The second-order valence-electron chi connectivity index (χ2n) is 5.40. The molecule has 6 nitrogen and oxygen atoms in total. The fraction of sp³-hybridized carbons (Fsp3) is 0.615. The van der Waals surface area contributed by atoms with Gasteiger partial charge in [0.2, 0.25) is 5.95 Å². The van der Waals surface area contributed by atoms with Gasteiger partial charge >= 0.3 is 6.18 Å². The van der Waals surface area contributed by atoms with E-state index in [-0.39, 0.29) is 16.9 Å². The van der Waals surface area contributed by atoms with Crippen LogP contribution in [-0.4, -0.2) is 47.4 Å². The van der Waals surface area contributed by atoms with E-state index < -0.39 is 11.9 Å². The van der Waals surface area contributed by atoms with E-state index in [1.807, 2.05) is 0 Å². The second kappa shape index (κ2) is 6.44. The lowest BCUT2D eigenvalue weighted by molar-refractivity contribution is -0.141. The highest BCUT2D eigenvalue weighted by molar-refractivity contribution is 7.80. The summed E-state index contributed by atoms with van der Waals surface area (Å²) in [5.74, 6) is 0.0619. The van der Waals surface area contributed by atoms with E-state index in [4.69, 9.17) is 17.0 Å². The third-order valence-corrected chi connectivity index (χ3v) is 3.70. The number of thiocarbonyl (C=S) groups is 1. The first kappa shape index (κ1) is 16.2. The third kappa shape index (κ3) is 4.41. The molecule has 0 radical (unpaired) electrons. The van der Waals surface area contributed by atoms with Crippen LogP contribution in [-0.2, 0) is 10.9 Å². The lowest BCUT2D eigenvalue weighted by Crippen LogP contribution is -2.37. The SMILES string of the molecule is FC(F)(F)c1cc(N2CCOCC2)nc(NC(=S)NC2CC2)n1. The molecule has 1 aliphatic carbocycles. The highest BCUT2D eigenvalue weighted by Crippen LogP contribution is 2.30. The summed E-state index contributed by atoms with van der Waals surface area (Å²) >= 11 is 5.07. The van der Waals surface area contributed by atoms with Crippen molar-refractivity contribution in [3.05, 3.63) is 11.8 Å². The highest BCUT2D eigenvalue weighted by Gasteiger charge is 2.34. The largest absolute Gasteiger partial charge is 0.433 e. The summed E-state index contributed by atoms with van der Waals surface area (Å²) in [4.78, 5) is 9.43. The average Bonchev–Trinajstić information content (AvgIpc) is 3.30. The molecule has 0 aromatic carbocycles.